The fourth-order valence-corrected chi connectivity index (χ4v) is 4.92. The van der Waals surface area contributed by atoms with Crippen LogP contribution in [-0.4, -0.2) is 27.9 Å². The minimum atomic E-state index is -0.664. The van der Waals surface area contributed by atoms with Gasteiger partial charge >= 0.3 is 6.03 Å². The van der Waals surface area contributed by atoms with Gasteiger partial charge in [-0.3, -0.25) is 4.90 Å². The first-order valence-corrected chi connectivity index (χ1v) is 11.8. The molecular weight excluding hydrogens is 471 g/mol. The summed E-state index contributed by atoms with van der Waals surface area (Å²) in [6, 6.07) is 14.5. The SMILES string of the molecule is CC1=C(c2nc(-c3ccc4c(c3)OCO4)no2)C(c2cccc(F)c2)NC(=O)N1Cc1cccs1. The number of fused-ring (bicyclic) bond motifs is 1. The fraction of sp³-hybridized carbons (Fsp3) is 0.160. The van der Waals surface area contributed by atoms with Crippen LogP contribution in [0.15, 0.2) is 70.2 Å². The molecule has 0 aliphatic carbocycles. The summed E-state index contributed by atoms with van der Waals surface area (Å²) < 4.78 is 30.6. The molecule has 10 heteroatoms. The highest BCUT2D eigenvalue weighted by molar-refractivity contribution is 7.09. The number of rotatable bonds is 5. The average molecular weight is 491 g/mol. The number of aromatic nitrogens is 2. The third-order valence-electron chi connectivity index (χ3n) is 5.96. The molecule has 0 fully saturated rings. The van der Waals surface area contributed by atoms with Crippen molar-refractivity contribution in [3.05, 3.63) is 87.8 Å². The van der Waals surface area contributed by atoms with Gasteiger partial charge in [-0.2, -0.15) is 4.98 Å². The maximum absolute atomic E-state index is 14.1. The van der Waals surface area contributed by atoms with E-state index in [1.165, 1.54) is 12.1 Å². The van der Waals surface area contributed by atoms with E-state index in [2.05, 4.69) is 15.5 Å². The number of carbonyl (C=O) groups excluding carboxylic acids is 1. The number of allylic oxidation sites excluding steroid dienone is 1. The van der Waals surface area contributed by atoms with E-state index in [0.717, 1.165) is 4.88 Å². The second-order valence-corrected chi connectivity index (χ2v) is 9.13. The van der Waals surface area contributed by atoms with Gasteiger partial charge in [-0.15, -0.1) is 11.3 Å². The quantitative estimate of drug-likeness (QED) is 0.405. The number of benzene rings is 2. The Morgan fingerprint density at radius 3 is 2.86 bits per heavy atom. The Morgan fingerprint density at radius 2 is 2.03 bits per heavy atom. The zero-order valence-corrected chi connectivity index (χ0v) is 19.3. The number of urea groups is 1. The van der Waals surface area contributed by atoms with Crippen LogP contribution in [-0.2, 0) is 6.54 Å². The number of ether oxygens (including phenoxy) is 2. The van der Waals surface area contributed by atoms with Crippen LogP contribution in [0.25, 0.3) is 17.0 Å². The molecule has 4 heterocycles. The van der Waals surface area contributed by atoms with E-state index in [1.807, 2.05) is 30.5 Å². The second kappa shape index (κ2) is 8.55. The predicted octanol–water partition coefficient (Wildman–Crippen LogP) is 5.36. The number of hydrogen-bond acceptors (Lipinski definition) is 7. The highest BCUT2D eigenvalue weighted by Gasteiger charge is 2.36. The van der Waals surface area contributed by atoms with Crippen LogP contribution in [0, 0.1) is 5.82 Å². The first-order valence-electron chi connectivity index (χ1n) is 10.9. The number of carbonyl (C=O) groups is 1. The smallest absolute Gasteiger partial charge is 0.322 e. The molecule has 2 aliphatic rings. The van der Waals surface area contributed by atoms with Crippen LogP contribution < -0.4 is 14.8 Å². The molecular formula is C25H19FN4O4S. The van der Waals surface area contributed by atoms with Crippen molar-refractivity contribution in [3.8, 4) is 22.9 Å². The molecule has 1 N–H and O–H groups in total. The summed E-state index contributed by atoms with van der Waals surface area (Å²) in [5.74, 6) is 1.45. The topological polar surface area (TPSA) is 89.7 Å². The van der Waals surface area contributed by atoms with Crippen molar-refractivity contribution in [2.24, 2.45) is 0 Å². The minimum Gasteiger partial charge on any atom is -0.454 e. The molecule has 2 aromatic heterocycles. The molecule has 8 nitrogen and oxygen atoms in total. The van der Waals surface area contributed by atoms with E-state index in [-0.39, 0.29) is 18.7 Å². The number of nitrogens with zero attached hydrogens (tertiary/aromatic N) is 3. The molecule has 6 rings (SSSR count). The van der Waals surface area contributed by atoms with Crippen molar-refractivity contribution in [1.29, 1.82) is 0 Å². The molecule has 0 saturated carbocycles. The summed E-state index contributed by atoms with van der Waals surface area (Å²) in [6.07, 6.45) is 0. The summed E-state index contributed by atoms with van der Waals surface area (Å²) in [5, 5.41) is 9.11. The van der Waals surface area contributed by atoms with Gasteiger partial charge in [0, 0.05) is 16.1 Å². The molecule has 2 aliphatic heterocycles. The molecule has 0 spiro atoms. The molecule has 1 atom stereocenters. The van der Waals surface area contributed by atoms with Crippen molar-refractivity contribution in [2.45, 2.75) is 19.5 Å². The van der Waals surface area contributed by atoms with Crippen molar-refractivity contribution in [3.63, 3.8) is 0 Å². The lowest BCUT2D eigenvalue weighted by Crippen LogP contribution is -2.45. The van der Waals surface area contributed by atoms with Gasteiger partial charge in [0.1, 0.15) is 5.82 Å². The molecule has 0 saturated heterocycles. The van der Waals surface area contributed by atoms with Crippen LogP contribution >= 0.6 is 11.3 Å². The number of halogens is 1. The number of hydrogen-bond donors (Lipinski definition) is 1. The third kappa shape index (κ3) is 3.91. The largest absolute Gasteiger partial charge is 0.454 e. The van der Waals surface area contributed by atoms with Crippen LogP contribution in [0.5, 0.6) is 11.5 Å². The Hall–Kier alpha value is -4.18. The molecule has 4 aromatic rings. The Labute approximate surface area is 203 Å². The van der Waals surface area contributed by atoms with Gasteiger partial charge in [0.2, 0.25) is 12.6 Å². The van der Waals surface area contributed by atoms with E-state index >= 15 is 0 Å². The van der Waals surface area contributed by atoms with Gasteiger partial charge in [0.15, 0.2) is 11.5 Å². The van der Waals surface area contributed by atoms with Gasteiger partial charge in [-0.05, 0) is 54.3 Å². The monoisotopic (exact) mass is 490 g/mol. The number of nitrogens with one attached hydrogen (secondary N) is 1. The Balaban J connectivity index is 1.43. The summed E-state index contributed by atoms with van der Waals surface area (Å²) in [6.45, 7) is 2.38. The van der Waals surface area contributed by atoms with E-state index in [9.17, 15) is 9.18 Å². The first-order chi connectivity index (χ1) is 17.1. The van der Waals surface area contributed by atoms with Gasteiger partial charge in [-0.25, -0.2) is 9.18 Å². The van der Waals surface area contributed by atoms with Crippen LogP contribution in [0.1, 0.15) is 29.3 Å². The summed E-state index contributed by atoms with van der Waals surface area (Å²) in [7, 11) is 0. The summed E-state index contributed by atoms with van der Waals surface area (Å²) >= 11 is 1.56. The van der Waals surface area contributed by atoms with Gasteiger partial charge in [-0.1, -0.05) is 23.4 Å². The summed E-state index contributed by atoms with van der Waals surface area (Å²) in [5.41, 5.74) is 2.52. The van der Waals surface area contributed by atoms with Gasteiger partial charge in [0.25, 0.3) is 5.89 Å². The normalized spacial score (nSPS) is 17.1. The van der Waals surface area contributed by atoms with Crippen molar-refractivity contribution >= 4 is 22.9 Å². The van der Waals surface area contributed by atoms with E-state index in [0.29, 0.717) is 46.3 Å². The lowest BCUT2D eigenvalue weighted by atomic mass is 9.94. The minimum absolute atomic E-state index is 0.164. The standard InChI is InChI=1S/C25H19FN4O4S/c1-14-21(24-28-23(29-34-24)16-7-8-19-20(11-16)33-13-32-19)22(15-4-2-5-17(26)10-15)27-25(31)30(14)12-18-6-3-9-35-18/h2-11,22H,12-13H2,1H3,(H,27,31). The number of amides is 2. The second-order valence-electron chi connectivity index (χ2n) is 8.09. The van der Waals surface area contributed by atoms with Crippen molar-refractivity contribution in [2.75, 3.05) is 6.79 Å². The van der Waals surface area contributed by atoms with Crippen LogP contribution in [0.4, 0.5) is 9.18 Å². The zero-order chi connectivity index (χ0) is 23.9. The zero-order valence-electron chi connectivity index (χ0n) is 18.5. The summed E-state index contributed by atoms with van der Waals surface area (Å²) in [4.78, 5) is 20.4. The van der Waals surface area contributed by atoms with E-state index in [1.54, 1.807) is 40.5 Å². The first kappa shape index (κ1) is 21.4. The van der Waals surface area contributed by atoms with E-state index < -0.39 is 11.9 Å². The maximum Gasteiger partial charge on any atom is 0.322 e. The molecule has 2 aromatic carbocycles. The number of thiophene rings is 1. The molecule has 0 radical (unpaired) electrons. The third-order valence-corrected chi connectivity index (χ3v) is 6.82. The lowest BCUT2D eigenvalue weighted by Gasteiger charge is -2.35. The van der Waals surface area contributed by atoms with E-state index in [4.69, 9.17) is 14.0 Å². The fourth-order valence-electron chi connectivity index (χ4n) is 4.23. The molecule has 1 unspecified atom stereocenters. The van der Waals surface area contributed by atoms with Crippen LogP contribution in [0.2, 0.25) is 0 Å². The van der Waals surface area contributed by atoms with Crippen LogP contribution in [0.3, 0.4) is 0 Å². The molecule has 2 amide bonds. The molecule has 176 valence electrons. The highest BCUT2D eigenvalue weighted by Crippen LogP contribution is 2.39. The maximum atomic E-state index is 14.1. The molecule has 35 heavy (non-hydrogen) atoms. The Bertz CT molecular complexity index is 1450. The Kier molecular flexibility index (Phi) is 5.22. The van der Waals surface area contributed by atoms with Gasteiger partial charge in [0.05, 0.1) is 18.2 Å². The average Bonchev–Trinajstić information content (AvgIpc) is 3.63. The Morgan fingerprint density at radius 1 is 1.14 bits per heavy atom. The van der Waals surface area contributed by atoms with Crippen molar-refractivity contribution in [1.82, 2.24) is 20.4 Å². The highest BCUT2D eigenvalue weighted by atomic mass is 32.1. The van der Waals surface area contributed by atoms with Gasteiger partial charge < -0.3 is 19.3 Å². The predicted molar refractivity (Wildman–Crippen MR) is 126 cm³/mol. The van der Waals surface area contributed by atoms with Crippen molar-refractivity contribution < 1.29 is 23.2 Å². The lowest BCUT2D eigenvalue weighted by molar-refractivity contribution is 0.174. The molecule has 0 bridgehead atoms.